The van der Waals surface area contributed by atoms with E-state index in [1.54, 1.807) is 13.1 Å². The lowest BCUT2D eigenvalue weighted by atomic mass is 10.1. The van der Waals surface area contributed by atoms with Gasteiger partial charge in [-0.1, -0.05) is 20.8 Å². The first-order chi connectivity index (χ1) is 8.38. The van der Waals surface area contributed by atoms with Gasteiger partial charge in [0.05, 0.1) is 4.90 Å². The molecule has 1 rings (SSSR count). The smallest absolute Gasteiger partial charge is 0.243 e. The van der Waals surface area contributed by atoms with E-state index in [4.69, 9.17) is 5.73 Å². The highest BCUT2D eigenvalue weighted by atomic mass is 32.2. The van der Waals surface area contributed by atoms with Gasteiger partial charge in [-0.05, 0) is 36.1 Å². The van der Waals surface area contributed by atoms with Gasteiger partial charge in [0.1, 0.15) is 0 Å². The second-order valence-electron chi connectivity index (χ2n) is 4.29. The zero-order chi connectivity index (χ0) is 13.9. The van der Waals surface area contributed by atoms with Crippen molar-refractivity contribution in [3.8, 4) is 0 Å². The zero-order valence-electron chi connectivity index (χ0n) is 11.5. The molecular weight excluding hydrogens is 248 g/mol. The third-order valence-corrected chi connectivity index (χ3v) is 5.20. The Morgan fingerprint density at radius 3 is 2.22 bits per heavy atom. The topological polar surface area (TPSA) is 63.4 Å². The van der Waals surface area contributed by atoms with Crippen molar-refractivity contribution in [1.82, 2.24) is 4.31 Å². The van der Waals surface area contributed by atoms with E-state index in [9.17, 15) is 8.42 Å². The predicted molar refractivity (Wildman–Crippen MR) is 75.1 cm³/mol. The Bertz CT molecular complexity index is 524. The van der Waals surface area contributed by atoms with Crippen LogP contribution in [0.4, 0.5) is 5.69 Å². The Hall–Kier alpha value is -1.07. The number of rotatable bonds is 5. The summed E-state index contributed by atoms with van der Waals surface area (Å²) in [6, 6.07) is 3.61. The van der Waals surface area contributed by atoms with Gasteiger partial charge < -0.3 is 5.73 Å². The van der Waals surface area contributed by atoms with Crippen molar-refractivity contribution in [1.29, 1.82) is 0 Å². The fraction of sp³-hybridized carbons (Fsp3) is 0.538. The van der Waals surface area contributed by atoms with E-state index in [0.717, 1.165) is 12.0 Å². The number of nitrogens with two attached hydrogens (primary N) is 1. The largest absolute Gasteiger partial charge is 0.398 e. The fourth-order valence-electron chi connectivity index (χ4n) is 1.88. The van der Waals surface area contributed by atoms with Crippen LogP contribution in [0.1, 0.15) is 31.9 Å². The standard InChI is InChI=1S/C13H22N2O2S/c1-5-10-8-12(14)11(6-2)13(9-10)18(16,17)15(4)7-3/h8-9H,5-7,14H2,1-4H3. The summed E-state index contributed by atoms with van der Waals surface area (Å²) in [5.74, 6) is 0. The summed E-state index contributed by atoms with van der Waals surface area (Å²) in [7, 11) is -1.85. The second kappa shape index (κ2) is 5.71. The molecule has 0 unspecified atom stereocenters. The van der Waals surface area contributed by atoms with Crippen LogP contribution in [0.3, 0.4) is 0 Å². The SMILES string of the molecule is CCc1cc(N)c(CC)c(S(=O)(=O)N(C)CC)c1. The molecule has 0 radical (unpaired) electrons. The highest BCUT2D eigenvalue weighted by molar-refractivity contribution is 7.89. The highest BCUT2D eigenvalue weighted by Gasteiger charge is 2.24. The molecule has 2 N–H and O–H groups in total. The van der Waals surface area contributed by atoms with E-state index in [1.165, 1.54) is 4.31 Å². The molecule has 5 heteroatoms. The molecule has 0 aliphatic heterocycles. The van der Waals surface area contributed by atoms with E-state index in [-0.39, 0.29) is 0 Å². The minimum atomic E-state index is -3.43. The first-order valence-electron chi connectivity index (χ1n) is 6.26. The molecule has 102 valence electrons. The van der Waals surface area contributed by atoms with E-state index in [2.05, 4.69) is 0 Å². The molecule has 0 aromatic heterocycles. The fourth-order valence-corrected chi connectivity index (χ4v) is 3.43. The van der Waals surface area contributed by atoms with Crippen LogP contribution in [0, 0.1) is 0 Å². The first-order valence-corrected chi connectivity index (χ1v) is 7.70. The summed E-state index contributed by atoms with van der Waals surface area (Å²) in [5, 5.41) is 0. The number of anilines is 1. The number of nitrogen functional groups attached to an aromatic ring is 1. The Morgan fingerprint density at radius 1 is 1.17 bits per heavy atom. The van der Waals surface area contributed by atoms with Crippen LogP contribution in [0.15, 0.2) is 17.0 Å². The summed E-state index contributed by atoms with van der Waals surface area (Å²) in [5.41, 5.74) is 8.20. The Morgan fingerprint density at radius 2 is 1.78 bits per heavy atom. The van der Waals surface area contributed by atoms with Gasteiger partial charge in [0.2, 0.25) is 10.0 Å². The monoisotopic (exact) mass is 270 g/mol. The van der Waals surface area contributed by atoms with Crippen molar-refractivity contribution in [2.24, 2.45) is 0 Å². The van der Waals surface area contributed by atoms with Gasteiger partial charge in [-0.15, -0.1) is 0 Å². The average molecular weight is 270 g/mol. The summed E-state index contributed by atoms with van der Waals surface area (Å²) in [6.07, 6.45) is 1.38. The number of aryl methyl sites for hydroxylation is 1. The molecule has 0 bridgehead atoms. The number of nitrogens with zero attached hydrogens (tertiary/aromatic N) is 1. The summed E-state index contributed by atoms with van der Waals surface area (Å²) >= 11 is 0. The quantitative estimate of drug-likeness (QED) is 0.833. The first kappa shape index (κ1) is 15.0. The second-order valence-corrected chi connectivity index (χ2v) is 6.30. The van der Waals surface area contributed by atoms with Crippen LogP contribution in [0.5, 0.6) is 0 Å². The maximum absolute atomic E-state index is 12.4. The lowest BCUT2D eigenvalue weighted by molar-refractivity contribution is 0.485. The summed E-state index contributed by atoms with van der Waals surface area (Å²) in [4.78, 5) is 0.353. The highest BCUT2D eigenvalue weighted by Crippen LogP contribution is 2.27. The van der Waals surface area contributed by atoms with Gasteiger partial charge in [-0.2, -0.15) is 0 Å². The maximum atomic E-state index is 12.4. The average Bonchev–Trinajstić information content (AvgIpc) is 2.36. The minimum Gasteiger partial charge on any atom is -0.398 e. The Balaban J connectivity index is 3.52. The molecule has 0 spiro atoms. The number of benzene rings is 1. The maximum Gasteiger partial charge on any atom is 0.243 e. The van der Waals surface area contributed by atoms with Crippen LogP contribution in [-0.2, 0) is 22.9 Å². The van der Waals surface area contributed by atoms with Gasteiger partial charge >= 0.3 is 0 Å². The number of sulfonamides is 1. The van der Waals surface area contributed by atoms with Gasteiger partial charge in [-0.25, -0.2) is 12.7 Å². The van der Waals surface area contributed by atoms with E-state index in [1.807, 2.05) is 26.8 Å². The predicted octanol–water partition coefficient (Wildman–Crippen LogP) is 2.03. The van der Waals surface area contributed by atoms with E-state index < -0.39 is 10.0 Å². The van der Waals surface area contributed by atoms with E-state index >= 15 is 0 Å². The van der Waals surface area contributed by atoms with Gasteiger partial charge in [0.15, 0.2) is 0 Å². The lowest BCUT2D eigenvalue weighted by Crippen LogP contribution is -2.27. The molecule has 0 saturated carbocycles. The van der Waals surface area contributed by atoms with Crippen molar-refractivity contribution in [3.63, 3.8) is 0 Å². The van der Waals surface area contributed by atoms with Crippen molar-refractivity contribution in [2.45, 2.75) is 38.5 Å². The summed E-state index contributed by atoms with van der Waals surface area (Å²) < 4.78 is 26.2. The molecular formula is C13H22N2O2S. The third-order valence-electron chi connectivity index (χ3n) is 3.20. The minimum absolute atomic E-state index is 0.353. The van der Waals surface area contributed by atoms with Crippen LogP contribution in [0.2, 0.25) is 0 Å². The molecule has 0 saturated heterocycles. The molecule has 0 aliphatic rings. The van der Waals surface area contributed by atoms with Gasteiger partial charge in [0, 0.05) is 19.3 Å². The van der Waals surface area contributed by atoms with Crippen LogP contribution in [0.25, 0.3) is 0 Å². The van der Waals surface area contributed by atoms with Crippen LogP contribution in [-0.4, -0.2) is 26.3 Å². The van der Waals surface area contributed by atoms with Crippen molar-refractivity contribution < 1.29 is 8.42 Å². The normalized spacial score (nSPS) is 12.1. The zero-order valence-corrected chi connectivity index (χ0v) is 12.3. The molecule has 1 aromatic carbocycles. The molecule has 1 aromatic rings. The van der Waals surface area contributed by atoms with Crippen molar-refractivity contribution >= 4 is 15.7 Å². The Kier molecular flexibility index (Phi) is 4.76. The Labute approximate surface area is 110 Å². The number of hydrogen-bond acceptors (Lipinski definition) is 3. The molecule has 0 fully saturated rings. The summed E-state index contributed by atoms with van der Waals surface area (Å²) in [6.45, 7) is 6.17. The molecule has 0 atom stereocenters. The van der Waals surface area contributed by atoms with E-state index in [0.29, 0.717) is 29.1 Å². The van der Waals surface area contributed by atoms with Crippen LogP contribution < -0.4 is 5.73 Å². The lowest BCUT2D eigenvalue weighted by Gasteiger charge is -2.19. The van der Waals surface area contributed by atoms with Crippen molar-refractivity contribution in [3.05, 3.63) is 23.3 Å². The van der Waals surface area contributed by atoms with Crippen molar-refractivity contribution in [2.75, 3.05) is 19.3 Å². The molecule has 18 heavy (non-hydrogen) atoms. The number of hydrogen-bond donors (Lipinski definition) is 1. The molecule has 0 aliphatic carbocycles. The molecule has 0 heterocycles. The van der Waals surface area contributed by atoms with Gasteiger partial charge in [0.25, 0.3) is 0 Å². The van der Waals surface area contributed by atoms with Gasteiger partial charge in [-0.3, -0.25) is 0 Å². The molecule has 4 nitrogen and oxygen atoms in total. The third kappa shape index (κ3) is 2.67. The van der Waals surface area contributed by atoms with Crippen LogP contribution >= 0.6 is 0 Å². The molecule has 0 amide bonds.